The molecule has 0 N–H and O–H groups in total. The standard InChI is InChI=1S/C7H14.C3H4/c1-7-5-3-2-4-6-7;1-3-2/h7H,2-6H2,1H3;1-2H2. The van der Waals surface area contributed by atoms with Crippen LogP contribution < -0.4 is 0 Å². The van der Waals surface area contributed by atoms with E-state index >= 15 is 0 Å². The fourth-order valence-corrected chi connectivity index (χ4v) is 1.31. The minimum atomic E-state index is 1.04. The van der Waals surface area contributed by atoms with Gasteiger partial charge < -0.3 is 0 Å². The molecule has 10 heavy (non-hydrogen) atoms. The first kappa shape index (κ1) is 9.52. The van der Waals surface area contributed by atoms with Crippen molar-refractivity contribution >= 4 is 0 Å². The molecule has 1 fully saturated rings. The third-order valence-corrected chi connectivity index (χ3v) is 1.89. The van der Waals surface area contributed by atoms with Gasteiger partial charge in [0.15, 0.2) is 0 Å². The average molecular weight is 138 g/mol. The van der Waals surface area contributed by atoms with Crippen LogP contribution in [0.3, 0.4) is 0 Å². The van der Waals surface area contributed by atoms with E-state index in [1.54, 1.807) is 0 Å². The molecule has 0 nitrogen and oxygen atoms in total. The van der Waals surface area contributed by atoms with E-state index in [1.165, 1.54) is 32.1 Å². The highest BCUT2D eigenvalue weighted by Gasteiger charge is 2.05. The molecular weight excluding hydrogens is 120 g/mol. The van der Waals surface area contributed by atoms with Gasteiger partial charge in [-0.05, 0) is 5.92 Å². The summed E-state index contributed by atoms with van der Waals surface area (Å²) in [5.74, 6) is 1.04. The van der Waals surface area contributed by atoms with Crippen molar-refractivity contribution in [3.8, 4) is 0 Å². The lowest BCUT2D eigenvalue weighted by Gasteiger charge is -2.15. The van der Waals surface area contributed by atoms with Gasteiger partial charge in [0.25, 0.3) is 0 Å². The molecule has 0 bridgehead atoms. The topological polar surface area (TPSA) is 0 Å². The molecule has 0 aromatic rings. The second-order valence-corrected chi connectivity index (χ2v) is 2.99. The van der Waals surface area contributed by atoms with Crippen LogP contribution >= 0.6 is 0 Å². The minimum absolute atomic E-state index is 1.04. The summed E-state index contributed by atoms with van der Waals surface area (Å²) in [5.41, 5.74) is 2.25. The highest BCUT2D eigenvalue weighted by molar-refractivity contribution is 4.59. The number of hydrogen-bond acceptors (Lipinski definition) is 0. The maximum atomic E-state index is 3.12. The van der Waals surface area contributed by atoms with Gasteiger partial charge in [-0.25, -0.2) is 0 Å². The van der Waals surface area contributed by atoms with Gasteiger partial charge in [0.2, 0.25) is 0 Å². The van der Waals surface area contributed by atoms with E-state index in [1.807, 2.05) is 0 Å². The van der Waals surface area contributed by atoms with Gasteiger partial charge in [-0.1, -0.05) is 52.2 Å². The molecule has 0 amide bonds. The monoisotopic (exact) mass is 138 g/mol. The van der Waals surface area contributed by atoms with Crippen LogP contribution in [0.4, 0.5) is 0 Å². The third-order valence-electron chi connectivity index (χ3n) is 1.89. The lowest BCUT2D eigenvalue weighted by atomic mass is 9.91. The summed E-state index contributed by atoms with van der Waals surface area (Å²) >= 11 is 0. The molecule has 0 spiro atoms. The zero-order chi connectivity index (χ0) is 7.82. The molecule has 0 aliphatic heterocycles. The number of rotatable bonds is 0. The SMILES string of the molecule is C=C=C.CC1CCCCC1. The lowest BCUT2D eigenvalue weighted by Crippen LogP contribution is -1.99. The summed E-state index contributed by atoms with van der Waals surface area (Å²) in [5, 5.41) is 0. The van der Waals surface area contributed by atoms with Gasteiger partial charge in [-0.2, -0.15) is 0 Å². The van der Waals surface area contributed by atoms with Crippen LogP contribution in [-0.4, -0.2) is 0 Å². The molecule has 0 saturated heterocycles. The molecule has 0 aromatic carbocycles. The van der Waals surface area contributed by atoms with Crippen molar-refractivity contribution in [2.75, 3.05) is 0 Å². The van der Waals surface area contributed by atoms with Crippen molar-refractivity contribution in [1.29, 1.82) is 0 Å². The summed E-state index contributed by atoms with van der Waals surface area (Å²) in [6, 6.07) is 0. The summed E-state index contributed by atoms with van der Waals surface area (Å²) in [7, 11) is 0. The molecule has 1 aliphatic carbocycles. The lowest BCUT2D eigenvalue weighted by molar-refractivity contribution is 0.385. The van der Waals surface area contributed by atoms with Gasteiger partial charge in [-0.3, -0.25) is 0 Å². The van der Waals surface area contributed by atoms with E-state index in [9.17, 15) is 0 Å². The maximum Gasteiger partial charge on any atom is -0.0443 e. The van der Waals surface area contributed by atoms with E-state index in [2.05, 4.69) is 25.8 Å². The van der Waals surface area contributed by atoms with Crippen molar-refractivity contribution in [2.45, 2.75) is 39.0 Å². The summed E-state index contributed by atoms with van der Waals surface area (Å²) in [4.78, 5) is 0. The molecule has 58 valence electrons. The molecule has 0 aromatic heterocycles. The quantitative estimate of drug-likeness (QED) is 0.449. The average Bonchev–Trinajstić information content (AvgIpc) is 1.91. The molecular formula is C10H18. The first-order valence-electron chi connectivity index (χ1n) is 4.10. The van der Waals surface area contributed by atoms with E-state index in [0.717, 1.165) is 5.92 Å². The Morgan fingerprint density at radius 1 is 1.10 bits per heavy atom. The molecule has 1 rings (SSSR count). The van der Waals surface area contributed by atoms with Crippen LogP contribution in [-0.2, 0) is 0 Å². The summed E-state index contributed by atoms with van der Waals surface area (Å²) in [6.07, 6.45) is 7.44. The van der Waals surface area contributed by atoms with Crippen LogP contribution in [0.5, 0.6) is 0 Å². The van der Waals surface area contributed by atoms with Crippen molar-refractivity contribution < 1.29 is 0 Å². The minimum Gasteiger partial charge on any atom is -0.137 e. The maximum absolute atomic E-state index is 3.12. The van der Waals surface area contributed by atoms with Gasteiger partial charge >= 0.3 is 0 Å². The molecule has 1 saturated carbocycles. The smallest absolute Gasteiger partial charge is 0.0443 e. The van der Waals surface area contributed by atoms with Gasteiger partial charge in [-0.15, -0.1) is 5.73 Å². The molecule has 0 unspecified atom stereocenters. The highest BCUT2D eigenvalue weighted by Crippen LogP contribution is 2.21. The number of hydrogen-bond donors (Lipinski definition) is 0. The van der Waals surface area contributed by atoms with Crippen LogP contribution in [0.25, 0.3) is 0 Å². The Balaban J connectivity index is 0.000000236. The molecule has 0 atom stereocenters. The van der Waals surface area contributed by atoms with Crippen molar-refractivity contribution in [1.82, 2.24) is 0 Å². The summed E-state index contributed by atoms with van der Waals surface area (Å²) in [6.45, 7) is 8.61. The van der Waals surface area contributed by atoms with Gasteiger partial charge in [0, 0.05) is 0 Å². The zero-order valence-corrected chi connectivity index (χ0v) is 7.03. The Kier molecular flexibility index (Phi) is 6.32. The highest BCUT2D eigenvalue weighted by atomic mass is 14.1. The van der Waals surface area contributed by atoms with Gasteiger partial charge in [0.05, 0.1) is 0 Å². The van der Waals surface area contributed by atoms with Crippen LogP contribution in [0.15, 0.2) is 18.9 Å². The molecule has 0 heteroatoms. The first-order chi connectivity index (χ1) is 4.81. The Morgan fingerprint density at radius 3 is 1.70 bits per heavy atom. The zero-order valence-electron chi connectivity index (χ0n) is 7.03. The van der Waals surface area contributed by atoms with Crippen LogP contribution in [0.1, 0.15) is 39.0 Å². The molecule has 0 heterocycles. The van der Waals surface area contributed by atoms with E-state index in [-0.39, 0.29) is 0 Å². The fraction of sp³-hybridized carbons (Fsp3) is 0.700. The molecule has 0 radical (unpaired) electrons. The second kappa shape index (κ2) is 6.64. The largest absolute Gasteiger partial charge is 0.137 e. The first-order valence-corrected chi connectivity index (χ1v) is 4.10. The van der Waals surface area contributed by atoms with Crippen LogP contribution in [0.2, 0.25) is 0 Å². The van der Waals surface area contributed by atoms with Gasteiger partial charge in [0.1, 0.15) is 0 Å². The Hall–Kier alpha value is -0.480. The van der Waals surface area contributed by atoms with Crippen molar-refractivity contribution in [2.24, 2.45) is 5.92 Å². The Labute approximate surface area is 64.6 Å². The second-order valence-electron chi connectivity index (χ2n) is 2.99. The molecule has 1 aliphatic rings. The fourth-order valence-electron chi connectivity index (χ4n) is 1.31. The normalized spacial score (nSPS) is 18.5. The predicted octanol–water partition coefficient (Wildman–Crippen LogP) is 3.54. The summed E-state index contributed by atoms with van der Waals surface area (Å²) < 4.78 is 0. The van der Waals surface area contributed by atoms with E-state index < -0.39 is 0 Å². The van der Waals surface area contributed by atoms with Crippen LogP contribution in [0, 0.1) is 5.92 Å². The van der Waals surface area contributed by atoms with Crippen molar-refractivity contribution in [3.05, 3.63) is 18.9 Å². The predicted molar refractivity (Wildman–Crippen MR) is 47.0 cm³/mol. The van der Waals surface area contributed by atoms with Crippen molar-refractivity contribution in [3.63, 3.8) is 0 Å². The van der Waals surface area contributed by atoms with E-state index in [0.29, 0.717) is 0 Å². The van der Waals surface area contributed by atoms with E-state index in [4.69, 9.17) is 0 Å². The Morgan fingerprint density at radius 2 is 1.50 bits per heavy atom. The third kappa shape index (κ3) is 5.65. The Bertz CT molecular complexity index is 90.6.